The van der Waals surface area contributed by atoms with E-state index in [0.717, 1.165) is 12.0 Å². The monoisotopic (exact) mass is 237 g/mol. The standard InChI is InChI=1S/C14H27N3/c15-13-5-7-16(8-6-13)9-10-17(14-3-4-14)11-12-1-2-12/h12-14H,1-11,15H2. The van der Waals surface area contributed by atoms with Crippen molar-refractivity contribution in [1.29, 1.82) is 0 Å². The fourth-order valence-corrected chi connectivity index (χ4v) is 2.94. The molecule has 0 atom stereocenters. The van der Waals surface area contributed by atoms with E-state index in [4.69, 9.17) is 5.73 Å². The summed E-state index contributed by atoms with van der Waals surface area (Å²) < 4.78 is 0. The van der Waals surface area contributed by atoms with Crippen LogP contribution in [-0.2, 0) is 0 Å². The lowest BCUT2D eigenvalue weighted by molar-refractivity contribution is 0.166. The minimum atomic E-state index is 0.470. The second-order valence-corrected chi connectivity index (χ2v) is 6.35. The van der Waals surface area contributed by atoms with Crippen molar-refractivity contribution in [2.24, 2.45) is 11.7 Å². The Kier molecular flexibility index (Phi) is 3.69. The van der Waals surface area contributed by atoms with Crippen LogP contribution < -0.4 is 5.73 Å². The van der Waals surface area contributed by atoms with Gasteiger partial charge in [-0.25, -0.2) is 0 Å². The van der Waals surface area contributed by atoms with Gasteiger partial charge in [-0.3, -0.25) is 4.90 Å². The van der Waals surface area contributed by atoms with Gasteiger partial charge in [-0.1, -0.05) is 0 Å². The predicted octanol–water partition coefficient (Wildman–Crippen LogP) is 1.28. The van der Waals surface area contributed by atoms with Gasteiger partial charge in [0, 0.05) is 31.7 Å². The Morgan fingerprint density at radius 2 is 1.71 bits per heavy atom. The minimum absolute atomic E-state index is 0.470. The number of hydrogen-bond donors (Lipinski definition) is 1. The first-order valence-electron chi connectivity index (χ1n) is 7.53. The van der Waals surface area contributed by atoms with Gasteiger partial charge >= 0.3 is 0 Å². The topological polar surface area (TPSA) is 32.5 Å². The molecule has 3 aliphatic rings. The molecule has 0 amide bonds. The van der Waals surface area contributed by atoms with E-state index in [0.29, 0.717) is 6.04 Å². The SMILES string of the molecule is NC1CCN(CCN(CC2CC2)C2CC2)CC1. The Labute approximate surface area is 105 Å². The maximum atomic E-state index is 5.95. The van der Waals surface area contributed by atoms with Crippen molar-refractivity contribution in [2.45, 2.75) is 50.6 Å². The molecule has 0 unspecified atom stereocenters. The lowest BCUT2D eigenvalue weighted by atomic mass is 10.1. The van der Waals surface area contributed by atoms with Crippen molar-refractivity contribution in [2.75, 3.05) is 32.7 Å². The summed E-state index contributed by atoms with van der Waals surface area (Å²) >= 11 is 0. The molecule has 0 aromatic heterocycles. The van der Waals surface area contributed by atoms with Crippen molar-refractivity contribution >= 4 is 0 Å². The van der Waals surface area contributed by atoms with Gasteiger partial charge in [0.25, 0.3) is 0 Å². The zero-order valence-corrected chi connectivity index (χ0v) is 11.0. The van der Waals surface area contributed by atoms with E-state index >= 15 is 0 Å². The lowest BCUT2D eigenvalue weighted by Crippen LogP contribution is -2.43. The second-order valence-electron chi connectivity index (χ2n) is 6.35. The second kappa shape index (κ2) is 5.25. The smallest absolute Gasteiger partial charge is 0.0112 e. The number of piperidine rings is 1. The number of nitrogens with two attached hydrogens (primary N) is 1. The van der Waals surface area contributed by atoms with Crippen LogP contribution in [0.1, 0.15) is 38.5 Å². The van der Waals surface area contributed by atoms with Crippen LogP contribution in [-0.4, -0.2) is 54.6 Å². The van der Waals surface area contributed by atoms with Crippen molar-refractivity contribution in [3.05, 3.63) is 0 Å². The normalized spacial score (nSPS) is 27.9. The van der Waals surface area contributed by atoms with Crippen LogP contribution in [0.3, 0.4) is 0 Å². The lowest BCUT2D eigenvalue weighted by Gasteiger charge is -2.32. The Hall–Kier alpha value is -0.120. The largest absolute Gasteiger partial charge is 0.328 e. The Bertz CT molecular complexity index is 240. The van der Waals surface area contributed by atoms with E-state index in [1.54, 1.807) is 0 Å². The number of rotatable bonds is 6. The zero-order chi connectivity index (χ0) is 11.7. The molecule has 3 rings (SSSR count). The molecule has 0 bridgehead atoms. The number of hydrogen-bond acceptors (Lipinski definition) is 3. The molecule has 0 radical (unpaired) electrons. The Morgan fingerprint density at radius 3 is 2.29 bits per heavy atom. The molecule has 0 aromatic rings. The van der Waals surface area contributed by atoms with E-state index in [1.807, 2.05) is 0 Å². The van der Waals surface area contributed by atoms with Gasteiger partial charge < -0.3 is 10.6 Å². The maximum Gasteiger partial charge on any atom is 0.0112 e. The first kappa shape index (κ1) is 11.9. The van der Waals surface area contributed by atoms with Crippen LogP contribution in [0.25, 0.3) is 0 Å². The molecule has 3 nitrogen and oxygen atoms in total. The first-order valence-corrected chi connectivity index (χ1v) is 7.53. The average molecular weight is 237 g/mol. The highest BCUT2D eigenvalue weighted by molar-refractivity contribution is 4.89. The molecule has 98 valence electrons. The van der Waals surface area contributed by atoms with Crippen LogP contribution in [0.4, 0.5) is 0 Å². The summed E-state index contributed by atoms with van der Waals surface area (Å²) in [6.45, 7) is 6.41. The van der Waals surface area contributed by atoms with E-state index < -0.39 is 0 Å². The average Bonchev–Trinajstić information content (AvgIpc) is 3.18. The molecule has 2 saturated carbocycles. The van der Waals surface area contributed by atoms with Crippen LogP contribution >= 0.6 is 0 Å². The zero-order valence-electron chi connectivity index (χ0n) is 11.0. The third-order valence-electron chi connectivity index (χ3n) is 4.59. The van der Waals surface area contributed by atoms with Crippen molar-refractivity contribution in [3.63, 3.8) is 0 Å². The molecule has 0 aromatic carbocycles. The van der Waals surface area contributed by atoms with Crippen molar-refractivity contribution in [3.8, 4) is 0 Å². The van der Waals surface area contributed by atoms with Crippen molar-refractivity contribution in [1.82, 2.24) is 9.80 Å². The van der Waals surface area contributed by atoms with Crippen LogP contribution in [0, 0.1) is 5.92 Å². The molecule has 1 heterocycles. The predicted molar refractivity (Wildman–Crippen MR) is 71.0 cm³/mol. The van der Waals surface area contributed by atoms with Crippen LogP contribution in [0.15, 0.2) is 0 Å². The van der Waals surface area contributed by atoms with Gasteiger partial charge in [0.2, 0.25) is 0 Å². The minimum Gasteiger partial charge on any atom is -0.328 e. The molecule has 0 spiro atoms. The van der Waals surface area contributed by atoms with Gasteiger partial charge in [-0.05, 0) is 57.5 Å². The van der Waals surface area contributed by atoms with Crippen molar-refractivity contribution < 1.29 is 0 Å². The van der Waals surface area contributed by atoms with E-state index in [2.05, 4.69) is 9.80 Å². The van der Waals surface area contributed by atoms with Gasteiger partial charge in [-0.2, -0.15) is 0 Å². The molecule has 17 heavy (non-hydrogen) atoms. The molecule has 1 saturated heterocycles. The highest BCUT2D eigenvalue weighted by atomic mass is 15.2. The van der Waals surface area contributed by atoms with E-state index in [9.17, 15) is 0 Å². The third-order valence-corrected chi connectivity index (χ3v) is 4.59. The molecular formula is C14H27N3. The van der Waals surface area contributed by atoms with E-state index in [-0.39, 0.29) is 0 Å². The van der Waals surface area contributed by atoms with Crippen LogP contribution in [0.5, 0.6) is 0 Å². The van der Waals surface area contributed by atoms with Gasteiger partial charge in [-0.15, -0.1) is 0 Å². The first-order chi connectivity index (χ1) is 8.31. The molecule has 3 heteroatoms. The maximum absolute atomic E-state index is 5.95. The van der Waals surface area contributed by atoms with Gasteiger partial charge in [0.15, 0.2) is 0 Å². The molecule has 2 N–H and O–H groups in total. The highest BCUT2D eigenvalue weighted by Crippen LogP contribution is 2.34. The molecule has 2 aliphatic carbocycles. The molecule has 3 fully saturated rings. The number of nitrogens with zero attached hydrogens (tertiary/aromatic N) is 2. The summed E-state index contributed by atoms with van der Waals surface area (Å²) in [5.41, 5.74) is 5.95. The van der Waals surface area contributed by atoms with Crippen LogP contribution in [0.2, 0.25) is 0 Å². The highest BCUT2D eigenvalue weighted by Gasteiger charge is 2.33. The molecule has 1 aliphatic heterocycles. The van der Waals surface area contributed by atoms with E-state index in [1.165, 1.54) is 71.2 Å². The number of likely N-dealkylation sites (tertiary alicyclic amines) is 1. The quantitative estimate of drug-likeness (QED) is 0.755. The van der Waals surface area contributed by atoms with Gasteiger partial charge in [0.1, 0.15) is 0 Å². The fraction of sp³-hybridized carbons (Fsp3) is 1.00. The summed E-state index contributed by atoms with van der Waals surface area (Å²) in [4.78, 5) is 5.39. The van der Waals surface area contributed by atoms with Gasteiger partial charge in [0.05, 0.1) is 0 Å². The summed E-state index contributed by atoms with van der Waals surface area (Å²) in [7, 11) is 0. The fourth-order valence-electron chi connectivity index (χ4n) is 2.94. The molecular weight excluding hydrogens is 210 g/mol. The summed E-state index contributed by atoms with van der Waals surface area (Å²) in [5.74, 6) is 1.05. The Morgan fingerprint density at radius 1 is 1.00 bits per heavy atom. The summed E-state index contributed by atoms with van der Waals surface area (Å²) in [6.07, 6.45) is 8.29. The summed E-state index contributed by atoms with van der Waals surface area (Å²) in [6, 6.07) is 1.42. The summed E-state index contributed by atoms with van der Waals surface area (Å²) in [5, 5.41) is 0. The Balaban J connectivity index is 1.38. The third kappa shape index (κ3) is 3.67.